The lowest BCUT2D eigenvalue weighted by Crippen LogP contribution is -2.70. The molecule has 0 saturated carbocycles. The Labute approximate surface area is 275 Å². The Morgan fingerprint density at radius 2 is 1.36 bits per heavy atom. The molecule has 0 bridgehead atoms. The minimum absolute atomic E-state index is 0.0429. The number of amides is 2. The molecule has 0 aromatic heterocycles. The number of carbonyl (C=O) groups is 2. The van der Waals surface area contributed by atoms with E-state index in [-0.39, 0.29) is 18.2 Å². The standard InChI is InChI=1S/C22H40N4O18S3/c1-9(27)25-12-14(29)17(43-19-16(31)15(30)13(28)10(42-19)7-39-46(33,34)35)11(8-40-47(36,37)38)41-18(12)26-20(45)23-5-6-24-21(32)44-22(2,3)4/h10-19,28-31H,5-8H2,1-4H3,(H,24,32)(H,25,27)(H2,23,26,45)(H,33,34,35)(H,36,37,38)/t10-,11-,12-,13+,14-,15+,16-,17-,18-,19+/m1/s1. The van der Waals surface area contributed by atoms with Crippen LogP contribution in [0.15, 0.2) is 0 Å². The summed E-state index contributed by atoms with van der Waals surface area (Å²) in [6.07, 6.45) is -17.4. The number of carbonyl (C=O) groups excluding carboxylic acids is 2. The van der Waals surface area contributed by atoms with Crippen molar-refractivity contribution in [1.29, 1.82) is 0 Å². The lowest BCUT2D eigenvalue weighted by atomic mass is 9.94. The third-order valence-corrected chi connectivity index (χ3v) is 7.29. The van der Waals surface area contributed by atoms with Crippen molar-refractivity contribution in [1.82, 2.24) is 21.3 Å². The summed E-state index contributed by atoms with van der Waals surface area (Å²) in [6, 6.07) is -1.45. The summed E-state index contributed by atoms with van der Waals surface area (Å²) in [5.74, 6) is -0.703. The average molecular weight is 745 g/mol. The largest absolute Gasteiger partial charge is 0.444 e. The van der Waals surface area contributed by atoms with Crippen molar-refractivity contribution in [3.8, 4) is 0 Å². The van der Waals surface area contributed by atoms with E-state index in [1.807, 2.05) is 0 Å². The Hall–Kier alpha value is -2.11. The maximum absolute atomic E-state index is 12.0. The lowest BCUT2D eigenvalue weighted by molar-refractivity contribution is -0.335. The maximum atomic E-state index is 12.0. The Balaban J connectivity index is 2.24. The van der Waals surface area contributed by atoms with Gasteiger partial charge in [-0.15, -0.1) is 0 Å². The van der Waals surface area contributed by atoms with E-state index in [1.54, 1.807) is 20.8 Å². The van der Waals surface area contributed by atoms with Gasteiger partial charge >= 0.3 is 26.9 Å². The SMILES string of the molecule is CC(=O)N[C@@H]1[C@@H](O)[C@H](O[C@@H]2O[C@H](COS(=O)(=O)O)[C@H](O)[C@H](O)[C@H]2O)[C@@H](COS(=O)(=O)O)O[C@H]1NC(=S)NCCNC(=O)OC(C)(C)C. The van der Waals surface area contributed by atoms with Crippen LogP contribution in [0.25, 0.3) is 0 Å². The molecule has 10 atom stereocenters. The van der Waals surface area contributed by atoms with Crippen molar-refractivity contribution in [2.24, 2.45) is 0 Å². The van der Waals surface area contributed by atoms with Gasteiger partial charge in [-0.2, -0.15) is 16.8 Å². The molecule has 0 aromatic carbocycles. The van der Waals surface area contributed by atoms with Crippen LogP contribution in [0, 0.1) is 0 Å². The van der Waals surface area contributed by atoms with Gasteiger partial charge in [-0.3, -0.25) is 13.9 Å². The topological polar surface area (TPSA) is 327 Å². The third-order valence-electron chi connectivity index (χ3n) is 6.16. The lowest BCUT2D eigenvalue weighted by Gasteiger charge is -2.47. The number of hydrogen-bond donors (Lipinski definition) is 10. The Morgan fingerprint density at radius 3 is 1.89 bits per heavy atom. The number of aliphatic hydroxyl groups is 4. The highest BCUT2D eigenvalue weighted by atomic mass is 32.3. The molecule has 2 heterocycles. The molecule has 47 heavy (non-hydrogen) atoms. The molecule has 2 amide bonds. The minimum Gasteiger partial charge on any atom is -0.444 e. The first-order valence-corrected chi connectivity index (χ1v) is 16.8. The third kappa shape index (κ3) is 14.1. The van der Waals surface area contributed by atoms with Crippen molar-refractivity contribution in [3.63, 3.8) is 0 Å². The summed E-state index contributed by atoms with van der Waals surface area (Å²) in [7, 11) is -10.1. The second-order valence-corrected chi connectivity index (χ2v) is 13.8. The number of rotatable bonds is 13. The van der Waals surface area contributed by atoms with Gasteiger partial charge in [-0.25, -0.2) is 13.2 Å². The molecule has 274 valence electrons. The molecule has 2 aliphatic rings. The molecular formula is C22H40N4O18S3. The van der Waals surface area contributed by atoms with Gasteiger partial charge in [0.2, 0.25) is 5.91 Å². The van der Waals surface area contributed by atoms with Crippen LogP contribution in [0.4, 0.5) is 4.79 Å². The van der Waals surface area contributed by atoms with Crippen LogP contribution < -0.4 is 21.3 Å². The average Bonchev–Trinajstić information content (AvgIpc) is 2.91. The zero-order chi connectivity index (χ0) is 35.9. The van der Waals surface area contributed by atoms with Crippen molar-refractivity contribution < 1.29 is 83.3 Å². The van der Waals surface area contributed by atoms with Gasteiger partial charge in [0.15, 0.2) is 17.6 Å². The Bertz CT molecular complexity index is 1300. The number of ether oxygens (including phenoxy) is 4. The number of alkyl carbamates (subject to hydrolysis) is 1. The predicted molar refractivity (Wildman–Crippen MR) is 157 cm³/mol. The molecule has 2 rings (SSSR count). The molecule has 2 saturated heterocycles. The quantitative estimate of drug-likeness (QED) is 0.0482. The summed E-state index contributed by atoms with van der Waals surface area (Å²) in [5, 5.41) is 52.4. The smallest absolute Gasteiger partial charge is 0.407 e. The van der Waals surface area contributed by atoms with Crippen molar-refractivity contribution in [3.05, 3.63) is 0 Å². The van der Waals surface area contributed by atoms with Gasteiger partial charge in [-0.1, -0.05) is 0 Å². The maximum Gasteiger partial charge on any atom is 0.407 e. The van der Waals surface area contributed by atoms with E-state index in [9.17, 15) is 46.9 Å². The molecular weight excluding hydrogens is 704 g/mol. The molecule has 0 spiro atoms. The molecule has 2 aliphatic heterocycles. The highest BCUT2D eigenvalue weighted by Gasteiger charge is 2.52. The summed E-state index contributed by atoms with van der Waals surface area (Å²) in [5.41, 5.74) is -0.731. The van der Waals surface area contributed by atoms with Gasteiger partial charge in [0.05, 0.1) is 13.2 Å². The predicted octanol–water partition coefficient (Wildman–Crippen LogP) is -4.60. The van der Waals surface area contributed by atoms with Crippen LogP contribution >= 0.6 is 12.2 Å². The molecule has 0 radical (unpaired) electrons. The fraction of sp³-hybridized carbons (Fsp3) is 0.864. The Kier molecular flexibility index (Phi) is 14.9. The van der Waals surface area contributed by atoms with Crippen LogP contribution in [-0.2, 0) is 52.9 Å². The van der Waals surface area contributed by atoms with Gasteiger partial charge in [0.25, 0.3) is 0 Å². The van der Waals surface area contributed by atoms with E-state index in [0.29, 0.717) is 0 Å². The van der Waals surface area contributed by atoms with Crippen LogP contribution in [0.3, 0.4) is 0 Å². The van der Waals surface area contributed by atoms with Crippen LogP contribution in [-0.4, -0.2) is 157 Å². The minimum atomic E-state index is -5.10. The number of nitrogens with one attached hydrogen (secondary N) is 4. The van der Waals surface area contributed by atoms with E-state index in [2.05, 4.69) is 29.6 Å². The van der Waals surface area contributed by atoms with Gasteiger partial charge in [0, 0.05) is 20.0 Å². The van der Waals surface area contributed by atoms with Crippen LogP contribution in [0.1, 0.15) is 27.7 Å². The van der Waals surface area contributed by atoms with Crippen molar-refractivity contribution >= 4 is 50.1 Å². The Morgan fingerprint density at radius 1 is 0.809 bits per heavy atom. The van der Waals surface area contributed by atoms with Gasteiger partial charge in [-0.05, 0) is 33.0 Å². The van der Waals surface area contributed by atoms with Crippen LogP contribution in [0.5, 0.6) is 0 Å². The molecule has 2 fully saturated rings. The molecule has 0 unspecified atom stereocenters. The van der Waals surface area contributed by atoms with Crippen LogP contribution in [0.2, 0.25) is 0 Å². The zero-order valence-electron chi connectivity index (χ0n) is 25.4. The highest BCUT2D eigenvalue weighted by molar-refractivity contribution is 7.81. The molecule has 22 nitrogen and oxygen atoms in total. The summed E-state index contributed by atoms with van der Waals surface area (Å²) < 4.78 is 93.0. The van der Waals surface area contributed by atoms with E-state index in [0.717, 1.165) is 6.92 Å². The first-order valence-electron chi connectivity index (χ1n) is 13.7. The normalized spacial score (nSPS) is 31.8. The molecule has 0 aromatic rings. The molecule has 10 N–H and O–H groups in total. The summed E-state index contributed by atoms with van der Waals surface area (Å²) >= 11 is 5.22. The zero-order valence-corrected chi connectivity index (χ0v) is 27.9. The van der Waals surface area contributed by atoms with Gasteiger partial charge < -0.3 is 60.6 Å². The first kappa shape index (κ1) is 41.1. The fourth-order valence-electron chi connectivity index (χ4n) is 4.24. The van der Waals surface area contributed by atoms with Crippen molar-refractivity contribution in [2.45, 2.75) is 94.6 Å². The van der Waals surface area contributed by atoms with E-state index < -0.39 is 113 Å². The first-order chi connectivity index (χ1) is 21.5. The summed E-state index contributed by atoms with van der Waals surface area (Å²) in [6.45, 7) is 4.09. The molecule has 25 heteroatoms. The number of aliphatic hydroxyl groups excluding tert-OH is 4. The van der Waals surface area contributed by atoms with Crippen molar-refractivity contribution in [2.75, 3.05) is 26.3 Å². The fourth-order valence-corrected chi connectivity index (χ4v) is 5.07. The number of hydrogen-bond acceptors (Lipinski definition) is 17. The van der Waals surface area contributed by atoms with E-state index >= 15 is 0 Å². The second-order valence-electron chi connectivity index (χ2n) is 11.2. The number of thiocarbonyl (C=S) groups is 1. The highest BCUT2D eigenvalue weighted by Crippen LogP contribution is 2.29. The summed E-state index contributed by atoms with van der Waals surface area (Å²) in [4.78, 5) is 23.8. The van der Waals surface area contributed by atoms with E-state index in [1.165, 1.54) is 0 Å². The van der Waals surface area contributed by atoms with E-state index in [4.69, 9.17) is 40.3 Å². The molecule has 0 aliphatic carbocycles. The van der Waals surface area contributed by atoms with Gasteiger partial charge in [0.1, 0.15) is 54.4 Å². The second kappa shape index (κ2) is 17.0. The monoisotopic (exact) mass is 744 g/mol.